The summed E-state index contributed by atoms with van der Waals surface area (Å²) in [6, 6.07) is 14.6. The normalized spacial score (nSPS) is 12.0. The molecule has 1 heterocycles. The number of aromatic nitrogens is 2. The number of nitrogens with zero attached hydrogens (tertiary/aromatic N) is 2. The second-order valence-corrected chi connectivity index (χ2v) is 8.17. The molecule has 26 heavy (non-hydrogen) atoms. The number of nitrogens with one attached hydrogen (secondary N) is 1. The zero-order chi connectivity index (χ0) is 18.8. The van der Waals surface area contributed by atoms with Gasteiger partial charge >= 0.3 is 0 Å². The Bertz CT molecular complexity index is 979. The quantitative estimate of drug-likeness (QED) is 0.674. The molecular weight excluding hydrogens is 414 g/mol. The van der Waals surface area contributed by atoms with E-state index in [-0.39, 0.29) is 5.91 Å². The first kappa shape index (κ1) is 18.5. The molecule has 7 heteroatoms. The van der Waals surface area contributed by atoms with Gasteiger partial charge in [-0.15, -0.1) is 0 Å². The van der Waals surface area contributed by atoms with Crippen LogP contribution in [0.15, 0.2) is 57.9 Å². The van der Waals surface area contributed by atoms with Crippen LogP contribution in [0.3, 0.4) is 0 Å². The van der Waals surface area contributed by atoms with Crippen LogP contribution in [0.2, 0.25) is 0 Å². The molecule has 3 aromatic rings. The highest BCUT2D eigenvalue weighted by molar-refractivity contribution is 9.10. The highest BCUT2D eigenvalue weighted by Crippen LogP contribution is 2.32. The molecule has 1 amide bonds. The minimum Gasteiger partial charge on any atom is -0.306 e. The van der Waals surface area contributed by atoms with E-state index in [4.69, 9.17) is 0 Å². The van der Waals surface area contributed by atoms with Gasteiger partial charge in [0.2, 0.25) is 0 Å². The van der Waals surface area contributed by atoms with E-state index in [9.17, 15) is 9.00 Å². The first-order valence-electron chi connectivity index (χ1n) is 7.91. The maximum Gasteiger partial charge on any atom is 0.256 e. The molecule has 1 N–H and O–H groups in total. The number of rotatable bonds is 4. The fourth-order valence-electron chi connectivity index (χ4n) is 2.74. The molecule has 2 aromatic carbocycles. The van der Waals surface area contributed by atoms with Crippen molar-refractivity contribution < 1.29 is 9.00 Å². The summed E-state index contributed by atoms with van der Waals surface area (Å²) >= 11 is 3.43. The second kappa shape index (κ2) is 7.55. The lowest BCUT2D eigenvalue weighted by Gasteiger charge is -2.10. The number of anilines is 1. The van der Waals surface area contributed by atoms with Gasteiger partial charge in [0, 0.05) is 44.6 Å². The Kier molecular flexibility index (Phi) is 5.38. The molecule has 134 valence electrons. The third kappa shape index (κ3) is 3.78. The van der Waals surface area contributed by atoms with Gasteiger partial charge in [0.25, 0.3) is 5.91 Å². The summed E-state index contributed by atoms with van der Waals surface area (Å²) in [5.74, 6) is 0.401. The predicted molar refractivity (Wildman–Crippen MR) is 108 cm³/mol. The molecule has 0 saturated heterocycles. The molecule has 3 rings (SSSR count). The van der Waals surface area contributed by atoms with E-state index in [1.165, 1.54) is 0 Å². The highest BCUT2D eigenvalue weighted by atomic mass is 79.9. The molecule has 5 nitrogen and oxygen atoms in total. The number of carbonyl (C=O) groups excluding carboxylic acids is 1. The van der Waals surface area contributed by atoms with Crippen LogP contribution in [0.4, 0.5) is 5.82 Å². The lowest BCUT2D eigenvalue weighted by Crippen LogP contribution is -2.15. The number of hydrogen-bond donors (Lipinski definition) is 1. The molecule has 1 unspecified atom stereocenters. The van der Waals surface area contributed by atoms with Gasteiger partial charge in [-0.1, -0.05) is 28.1 Å². The third-order valence-electron chi connectivity index (χ3n) is 4.04. The fourth-order valence-corrected chi connectivity index (χ4v) is 3.53. The SMILES string of the molecule is Cc1nn(C)c(NC(=O)c2ccc(S(C)=O)cc2)c1-c1ccc(Br)cc1. The van der Waals surface area contributed by atoms with Crippen molar-refractivity contribution in [1.29, 1.82) is 0 Å². The van der Waals surface area contributed by atoms with E-state index in [1.807, 2.05) is 31.2 Å². The van der Waals surface area contributed by atoms with Crippen LogP contribution < -0.4 is 5.32 Å². The summed E-state index contributed by atoms with van der Waals surface area (Å²) in [6.45, 7) is 1.92. The van der Waals surface area contributed by atoms with Crippen molar-refractivity contribution in [3.63, 3.8) is 0 Å². The molecule has 1 aromatic heterocycles. The molecule has 1 atom stereocenters. The maximum absolute atomic E-state index is 12.7. The molecule has 0 saturated carbocycles. The Morgan fingerprint density at radius 1 is 1.12 bits per heavy atom. The van der Waals surface area contributed by atoms with Gasteiger partial charge in [0.15, 0.2) is 0 Å². The Balaban J connectivity index is 1.93. The smallest absolute Gasteiger partial charge is 0.256 e. The average Bonchev–Trinajstić information content (AvgIpc) is 2.89. The summed E-state index contributed by atoms with van der Waals surface area (Å²) in [5, 5.41) is 7.40. The van der Waals surface area contributed by atoms with Crippen LogP contribution in [-0.2, 0) is 17.8 Å². The minimum absolute atomic E-state index is 0.236. The number of carbonyl (C=O) groups is 1. The van der Waals surface area contributed by atoms with Crippen LogP contribution in [0.5, 0.6) is 0 Å². The fraction of sp³-hybridized carbons (Fsp3) is 0.158. The van der Waals surface area contributed by atoms with Crippen LogP contribution >= 0.6 is 15.9 Å². The minimum atomic E-state index is -1.07. The van der Waals surface area contributed by atoms with E-state index in [0.29, 0.717) is 16.3 Å². The number of aryl methyl sites for hydroxylation is 2. The predicted octanol–water partition coefficient (Wildman–Crippen LogP) is 4.15. The van der Waals surface area contributed by atoms with Crippen LogP contribution in [0, 0.1) is 6.92 Å². The summed E-state index contributed by atoms with van der Waals surface area (Å²) in [4.78, 5) is 13.3. The largest absolute Gasteiger partial charge is 0.306 e. The molecule has 0 fully saturated rings. The first-order chi connectivity index (χ1) is 12.4. The van der Waals surface area contributed by atoms with Gasteiger partial charge in [-0.3, -0.25) is 13.7 Å². The number of halogens is 1. The Hall–Kier alpha value is -2.25. The van der Waals surface area contributed by atoms with Crippen molar-refractivity contribution >= 4 is 38.5 Å². The van der Waals surface area contributed by atoms with Gasteiger partial charge < -0.3 is 5.32 Å². The summed E-state index contributed by atoms with van der Waals surface area (Å²) in [7, 11) is 0.731. The zero-order valence-corrected chi connectivity index (χ0v) is 17.0. The summed E-state index contributed by atoms with van der Waals surface area (Å²) in [5.41, 5.74) is 3.20. The average molecular weight is 432 g/mol. The van der Waals surface area contributed by atoms with Crippen molar-refractivity contribution in [1.82, 2.24) is 9.78 Å². The van der Waals surface area contributed by atoms with Crippen LogP contribution in [-0.4, -0.2) is 26.2 Å². The molecule has 0 radical (unpaired) electrons. The van der Waals surface area contributed by atoms with Crippen molar-refractivity contribution in [2.45, 2.75) is 11.8 Å². The maximum atomic E-state index is 12.7. The number of hydrogen-bond acceptors (Lipinski definition) is 3. The monoisotopic (exact) mass is 431 g/mol. The molecular formula is C19H18BrN3O2S. The van der Waals surface area contributed by atoms with Gasteiger partial charge in [-0.05, 0) is 48.9 Å². The van der Waals surface area contributed by atoms with Crippen molar-refractivity contribution in [2.75, 3.05) is 11.6 Å². The number of benzene rings is 2. The topological polar surface area (TPSA) is 64.0 Å². The van der Waals surface area contributed by atoms with E-state index >= 15 is 0 Å². The van der Waals surface area contributed by atoms with E-state index < -0.39 is 10.8 Å². The molecule has 0 bridgehead atoms. The van der Waals surface area contributed by atoms with Gasteiger partial charge in [-0.25, -0.2) is 0 Å². The van der Waals surface area contributed by atoms with E-state index in [0.717, 1.165) is 21.3 Å². The van der Waals surface area contributed by atoms with E-state index in [2.05, 4.69) is 26.3 Å². The van der Waals surface area contributed by atoms with Gasteiger partial charge in [0.05, 0.1) is 5.69 Å². The van der Waals surface area contributed by atoms with Gasteiger partial charge in [-0.2, -0.15) is 5.10 Å². The van der Waals surface area contributed by atoms with Crippen LogP contribution in [0.25, 0.3) is 11.1 Å². The lowest BCUT2D eigenvalue weighted by atomic mass is 10.1. The second-order valence-electron chi connectivity index (χ2n) is 5.87. The Morgan fingerprint density at radius 2 is 1.73 bits per heavy atom. The summed E-state index contributed by atoms with van der Waals surface area (Å²) in [6.07, 6.45) is 1.61. The highest BCUT2D eigenvalue weighted by Gasteiger charge is 2.18. The lowest BCUT2D eigenvalue weighted by molar-refractivity contribution is 0.102. The molecule has 0 aliphatic rings. The molecule has 0 aliphatic carbocycles. The number of amides is 1. The van der Waals surface area contributed by atoms with Crippen molar-refractivity contribution in [3.05, 3.63) is 64.3 Å². The first-order valence-corrected chi connectivity index (χ1v) is 10.3. The van der Waals surface area contributed by atoms with Gasteiger partial charge in [0.1, 0.15) is 5.82 Å². The Labute approximate surface area is 163 Å². The van der Waals surface area contributed by atoms with Crippen molar-refractivity contribution in [2.24, 2.45) is 7.05 Å². The molecule has 0 spiro atoms. The third-order valence-corrected chi connectivity index (χ3v) is 5.50. The molecule has 0 aliphatic heterocycles. The summed E-state index contributed by atoms with van der Waals surface area (Å²) < 4.78 is 14.1. The van der Waals surface area contributed by atoms with Crippen molar-refractivity contribution in [3.8, 4) is 11.1 Å². The van der Waals surface area contributed by atoms with Crippen LogP contribution in [0.1, 0.15) is 16.1 Å². The Morgan fingerprint density at radius 3 is 2.31 bits per heavy atom. The standard InChI is InChI=1S/C19H18BrN3O2S/c1-12-17(13-4-8-15(20)9-5-13)18(23(2)22-12)21-19(24)14-6-10-16(11-7-14)26(3)25/h4-11H,1-3H3,(H,21,24). The van der Waals surface area contributed by atoms with E-state index in [1.54, 1.807) is 42.3 Å². The zero-order valence-electron chi connectivity index (χ0n) is 14.6.